The number of fused-ring (bicyclic) bond motifs is 1. The maximum atomic E-state index is 9.10. The third-order valence-electron chi connectivity index (χ3n) is 3.71. The van der Waals surface area contributed by atoms with Gasteiger partial charge in [0.1, 0.15) is 0 Å². The Labute approximate surface area is 111 Å². The predicted octanol–water partition coefficient (Wildman–Crippen LogP) is 0.418. The van der Waals surface area contributed by atoms with Crippen molar-refractivity contribution in [3.8, 4) is 0 Å². The van der Waals surface area contributed by atoms with Crippen molar-refractivity contribution in [1.29, 1.82) is 0 Å². The minimum absolute atomic E-state index is 0.253. The summed E-state index contributed by atoms with van der Waals surface area (Å²) < 4.78 is 2.05. The summed E-state index contributed by atoms with van der Waals surface area (Å²) in [4.78, 5) is 14.8. The van der Waals surface area contributed by atoms with Gasteiger partial charge in [-0.2, -0.15) is 9.97 Å². The molecule has 1 fully saturated rings. The molecule has 3 N–H and O–H groups in total. The highest BCUT2D eigenvalue weighted by Gasteiger charge is 2.31. The van der Waals surface area contributed by atoms with Crippen LogP contribution in [0.1, 0.15) is 18.9 Å². The third kappa shape index (κ3) is 1.90. The number of aliphatic hydroxyl groups is 1. The van der Waals surface area contributed by atoms with Crippen molar-refractivity contribution in [2.75, 3.05) is 31.3 Å². The summed E-state index contributed by atoms with van der Waals surface area (Å²) >= 11 is 0. The molecule has 0 bridgehead atoms. The van der Waals surface area contributed by atoms with Gasteiger partial charge in [0.2, 0.25) is 5.95 Å². The molecule has 0 atom stereocenters. The second-order valence-corrected chi connectivity index (χ2v) is 5.30. The topological polar surface area (TPSA) is 93.1 Å². The second kappa shape index (κ2) is 4.34. The summed E-state index contributed by atoms with van der Waals surface area (Å²) in [5, 5.41) is 9.10. The van der Waals surface area contributed by atoms with E-state index in [0.29, 0.717) is 12.0 Å². The summed E-state index contributed by atoms with van der Waals surface area (Å²) in [6.45, 7) is 0.253. The molecule has 0 aliphatic heterocycles. The van der Waals surface area contributed by atoms with Gasteiger partial charge in [-0.05, 0) is 18.8 Å². The molecule has 1 aliphatic carbocycles. The van der Waals surface area contributed by atoms with Crippen LogP contribution < -0.4 is 10.6 Å². The minimum atomic E-state index is 0.253. The minimum Gasteiger partial charge on any atom is -0.396 e. The van der Waals surface area contributed by atoms with Gasteiger partial charge in [0.15, 0.2) is 17.0 Å². The largest absolute Gasteiger partial charge is 0.396 e. The molecule has 0 unspecified atom stereocenters. The zero-order valence-electron chi connectivity index (χ0n) is 11.1. The number of aliphatic hydroxyl groups excluding tert-OH is 1. The number of rotatable bonds is 3. The lowest BCUT2D eigenvalue weighted by atomic mass is 9.81. The van der Waals surface area contributed by atoms with Crippen LogP contribution in [0.2, 0.25) is 0 Å². The van der Waals surface area contributed by atoms with Gasteiger partial charge in [0, 0.05) is 26.7 Å². The van der Waals surface area contributed by atoms with Crippen LogP contribution in [0.25, 0.3) is 11.2 Å². The highest BCUT2D eigenvalue weighted by atomic mass is 16.3. The first-order valence-corrected chi connectivity index (χ1v) is 6.38. The van der Waals surface area contributed by atoms with Crippen LogP contribution in [0.4, 0.5) is 11.8 Å². The summed E-state index contributed by atoms with van der Waals surface area (Å²) in [6.07, 6.45) is 3.72. The molecule has 0 radical (unpaired) electrons. The zero-order chi connectivity index (χ0) is 13.6. The Kier molecular flexibility index (Phi) is 2.78. The van der Waals surface area contributed by atoms with E-state index < -0.39 is 0 Å². The SMILES string of the molecule is CN(C)c1nc(N)nc2c1ncn2C1CC(CO)C1. The molecular formula is C12H18N6O. The summed E-state index contributed by atoms with van der Waals surface area (Å²) in [5.74, 6) is 1.39. The smallest absolute Gasteiger partial charge is 0.224 e. The molecule has 1 aliphatic rings. The van der Waals surface area contributed by atoms with E-state index in [4.69, 9.17) is 10.8 Å². The van der Waals surface area contributed by atoms with Crippen LogP contribution >= 0.6 is 0 Å². The Morgan fingerprint density at radius 1 is 1.42 bits per heavy atom. The van der Waals surface area contributed by atoms with E-state index in [1.807, 2.05) is 23.6 Å². The fraction of sp³-hybridized carbons (Fsp3) is 0.583. The number of hydrogen-bond acceptors (Lipinski definition) is 6. The Hall–Kier alpha value is -1.89. The zero-order valence-corrected chi connectivity index (χ0v) is 11.1. The maximum absolute atomic E-state index is 9.10. The first-order valence-electron chi connectivity index (χ1n) is 6.38. The lowest BCUT2D eigenvalue weighted by molar-refractivity contribution is 0.114. The highest BCUT2D eigenvalue weighted by molar-refractivity contribution is 5.84. The standard InChI is InChI=1S/C12H18N6O/c1-17(2)10-9-11(16-12(13)15-10)18(6-14-9)8-3-7(4-8)5-19/h6-8,19H,3-5H2,1-2H3,(H2,13,15,16). The molecular weight excluding hydrogens is 244 g/mol. The fourth-order valence-corrected chi connectivity index (χ4v) is 2.57. The van der Waals surface area contributed by atoms with Gasteiger partial charge in [-0.25, -0.2) is 4.98 Å². The van der Waals surface area contributed by atoms with Crippen molar-refractivity contribution < 1.29 is 5.11 Å². The molecule has 2 heterocycles. The van der Waals surface area contributed by atoms with Crippen molar-refractivity contribution in [1.82, 2.24) is 19.5 Å². The number of imidazole rings is 1. The van der Waals surface area contributed by atoms with E-state index >= 15 is 0 Å². The Morgan fingerprint density at radius 2 is 2.16 bits per heavy atom. The molecule has 7 nitrogen and oxygen atoms in total. The van der Waals surface area contributed by atoms with Crippen molar-refractivity contribution in [2.45, 2.75) is 18.9 Å². The second-order valence-electron chi connectivity index (χ2n) is 5.30. The van der Waals surface area contributed by atoms with E-state index in [1.54, 1.807) is 6.33 Å². The summed E-state index contributed by atoms with van der Waals surface area (Å²) in [7, 11) is 3.82. The molecule has 102 valence electrons. The Morgan fingerprint density at radius 3 is 2.79 bits per heavy atom. The Bertz CT molecular complexity index is 602. The van der Waals surface area contributed by atoms with E-state index in [-0.39, 0.29) is 12.6 Å². The van der Waals surface area contributed by atoms with Gasteiger partial charge in [0.05, 0.1) is 6.33 Å². The van der Waals surface area contributed by atoms with E-state index in [1.165, 1.54) is 0 Å². The number of nitrogen functional groups attached to an aromatic ring is 1. The van der Waals surface area contributed by atoms with Gasteiger partial charge in [-0.3, -0.25) is 0 Å². The number of nitrogens with two attached hydrogens (primary N) is 1. The average molecular weight is 262 g/mol. The number of hydrogen-bond donors (Lipinski definition) is 2. The lowest BCUT2D eigenvalue weighted by Crippen LogP contribution is -2.28. The van der Waals surface area contributed by atoms with Crippen LogP contribution in [-0.2, 0) is 0 Å². The predicted molar refractivity (Wildman–Crippen MR) is 72.9 cm³/mol. The monoisotopic (exact) mass is 262 g/mol. The number of nitrogens with zero attached hydrogens (tertiary/aromatic N) is 5. The van der Waals surface area contributed by atoms with E-state index in [0.717, 1.165) is 29.8 Å². The number of aromatic nitrogens is 4. The van der Waals surface area contributed by atoms with Gasteiger partial charge >= 0.3 is 0 Å². The van der Waals surface area contributed by atoms with Crippen LogP contribution in [0.3, 0.4) is 0 Å². The van der Waals surface area contributed by atoms with Gasteiger partial charge in [-0.1, -0.05) is 0 Å². The normalized spacial score (nSPS) is 22.5. The molecule has 0 amide bonds. The van der Waals surface area contributed by atoms with Crippen molar-refractivity contribution in [2.24, 2.45) is 5.92 Å². The van der Waals surface area contributed by atoms with Crippen molar-refractivity contribution in [3.63, 3.8) is 0 Å². The van der Waals surface area contributed by atoms with Crippen LogP contribution in [0, 0.1) is 5.92 Å². The Balaban J connectivity index is 2.03. The molecule has 19 heavy (non-hydrogen) atoms. The van der Waals surface area contributed by atoms with Gasteiger partial charge in [-0.15, -0.1) is 0 Å². The molecule has 2 aromatic heterocycles. The molecule has 1 saturated carbocycles. The maximum Gasteiger partial charge on any atom is 0.224 e. The van der Waals surface area contributed by atoms with Crippen molar-refractivity contribution in [3.05, 3.63) is 6.33 Å². The average Bonchev–Trinajstić information content (AvgIpc) is 2.70. The van der Waals surface area contributed by atoms with Crippen LogP contribution in [0.5, 0.6) is 0 Å². The third-order valence-corrected chi connectivity index (χ3v) is 3.71. The summed E-state index contributed by atoms with van der Waals surface area (Å²) in [6, 6.07) is 0.353. The molecule has 0 spiro atoms. The van der Waals surface area contributed by atoms with Gasteiger partial charge in [0.25, 0.3) is 0 Å². The summed E-state index contributed by atoms with van der Waals surface area (Å²) in [5.41, 5.74) is 7.32. The van der Waals surface area contributed by atoms with Crippen LogP contribution in [-0.4, -0.2) is 45.3 Å². The molecule has 0 aromatic carbocycles. The molecule has 2 aromatic rings. The number of anilines is 2. The first-order chi connectivity index (χ1) is 9.10. The van der Waals surface area contributed by atoms with Crippen molar-refractivity contribution >= 4 is 22.9 Å². The van der Waals surface area contributed by atoms with E-state index in [2.05, 4.69) is 15.0 Å². The molecule has 7 heteroatoms. The molecule has 0 saturated heterocycles. The van der Waals surface area contributed by atoms with Gasteiger partial charge < -0.3 is 20.3 Å². The first kappa shape index (κ1) is 12.2. The molecule has 3 rings (SSSR count). The van der Waals surface area contributed by atoms with Crippen LogP contribution in [0.15, 0.2) is 6.33 Å². The highest BCUT2D eigenvalue weighted by Crippen LogP contribution is 2.39. The fourth-order valence-electron chi connectivity index (χ4n) is 2.57. The van der Waals surface area contributed by atoms with E-state index in [9.17, 15) is 0 Å². The lowest BCUT2D eigenvalue weighted by Gasteiger charge is -2.34. The quantitative estimate of drug-likeness (QED) is 0.832.